The quantitative estimate of drug-likeness (QED) is 0.502. The van der Waals surface area contributed by atoms with Crippen LogP contribution in [0.2, 0.25) is 0 Å². The lowest BCUT2D eigenvalue weighted by Gasteiger charge is -2.27. The van der Waals surface area contributed by atoms with Crippen LogP contribution in [0.4, 0.5) is 20.5 Å². The Morgan fingerprint density at radius 3 is 2.64 bits per heavy atom. The van der Waals surface area contributed by atoms with E-state index in [1.165, 1.54) is 17.0 Å². The first-order valence-electron chi connectivity index (χ1n) is 10.3. The van der Waals surface area contributed by atoms with Crippen molar-refractivity contribution < 1.29 is 13.6 Å². The van der Waals surface area contributed by atoms with Crippen molar-refractivity contribution in [3.8, 4) is 11.4 Å². The van der Waals surface area contributed by atoms with E-state index in [-0.39, 0.29) is 18.3 Å². The molecule has 0 spiro atoms. The van der Waals surface area contributed by atoms with Crippen LogP contribution < -0.4 is 5.32 Å². The van der Waals surface area contributed by atoms with Crippen LogP contribution in [-0.2, 0) is 20.1 Å². The molecule has 33 heavy (non-hydrogen) atoms. The smallest absolute Gasteiger partial charge is 0.290 e. The Bertz CT molecular complexity index is 1340. The number of nitrogens with one attached hydrogen (secondary N) is 1. The molecule has 0 saturated heterocycles. The Morgan fingerprint density at radius 1 is 1.12 bits per heavy atom. The maximum atomic E-state index is 13.5. The second-order valence-corrected chi connectivity index (χ2v) is 7.84. The van der Waals surface area contributed by atoms with Gasteiger partial charge in [0, 0.05) is 51.2 Å². The fourth-order valence-corrected chi connectivity index (χ4v) is 3.79. The third-order valence-corrected chi connectivity index (χ3v) is 5.44. The van der Waals surface area contributed by atoms with Gasteiger partial charge in [-0.05, 0) is 30.2 Å². The molecule has 0 saturated carbocycles. The number of amides is 1. The molecule has 4 heterocycles. The molecule has 1 amide bonds. The molecule has 11 heteroatoms. The summed E-state index contributed by atoms with van der Waals surface area (Å²) in [5.41, 5.74) is 2.34. The van der Waals surface area contributed by atoms with Crippen LogP contribution in [-0.4, -0.2) is 46.7 Å². The number of nitrogens with zero attached hydrogens (tertiary/aromatic N) is 7. The summed E-state index contributed by atoms with van der Waals surface area (Å²) in [6.45, 7) is 2.88. The van der Waals surface area contributed by atoms with E-state index in [2.05, 4.69) is 25.4 Å². The number of fused-ring (bicyclic) bond motifs is 1. The highest BCUT2D eigenvalue weighted by Crippen LogP contribution is 2.25. The molecule has 0 unspecified atom stereocenters. The van der Waals surface area contributed by atoms with Crippen molar-refractivity contribution in [1.29, 1.82) is 0 Å². The number of aryl methyl sites for hydroxylation is 2. The SMILES string of the molecule is Cc1cnc(Nc2ccnn2C)nc1-c1cn2c(n1)C(=O)N(Cc1cc(F)cc(F)c1)CC2. The molecule has 0 fully saturated rings. The van der Waals surface area contributed by atoms with Crippen LogP contribution in [0.15, 0.2) is 42.9 Å². The third-order valence-electron chi connectivity index (χ3n) is 5.44. The van der Waals surface area contributed by atoms with Gasteiger partial charge >= 0.3 is 0 Å². The molecular formula is C22H20F2N8O. The van der Waals surface area contributed by atoms with Gasteiger partial charge in [0.15, 0.2) is 5.82 Å². The number of carbonyl (C=O) groups excluding carboxylic acids is 1. The van der Waals surface area contributed by atoms with E-state index in [0.29, 0.717) is 36.0 Å². The summed E-state index contributed by atoms with van der Waals surface area (Å²) in [6.07, 6.45) is 5.14. The van der Waals surface area contributed by atoms with E-state index >= 15 is 0 Å². The van der Waals surface area contributed by atoms with Crippen LogP contribution >= 0.6 is 0 Å². The summed E-state index contributed by atoms with van der Waals surface area (Å²) in [5.74, 6) is -0.287. The van der Waals surface area contributed by atoms with Gasteiger partial charge in [0.25, 0.3) is 5.91 Å². The predicted octanol–water partition coefficient (Wildman–Crippen LogP) is 3.06. The van der Waals surface area contributed by atoms with Crippen molar-refractivity contribution in [2.45, 2.75) is 20.0 Å². The molecule has 0 radical (unpaired) electrons. The lowest BCUT2D eigenvalue weighted by molar-refractivity contribution is 0.0682. The van der Waals surface area contributed by atoms with Crippen molar-refractivity contribution in [1.82, 2.24) is 34.2 Å². The van der Waals surface area contributed by atoms with E-state index in [1.54, 1.807) is 41.0 Å². The molecule has 1 aliphatic rings. The maximum absolute atomic E-state index is 13.5. The van der Waals surface area contributed by atoms with Crippen molar-refractivity contribution >= 4 is 17.7 Å². The number of hydrogen-bond donors (Lipinski definition) is 1. The van der Waals surface area contributed by atoms with Crippen molar-refractivity contribution in [3.63, 3.8) is 0 Å². The lowest BCUT2D eigenvalue weighted by Crippen LogP contribution is -2.39. The van der Waals surface area contributed by atoms with E-state index in [9.17, 15) is 13.6 Å². The summed E-state index contributed by atoms with van der Waals surface area (Å²) in [6, 6.07) is 5.06. The van der Waals surface area contributed by atoms with E-state index in [4.69, 9.17) is 0 Å². The summed E-state index contributed by atoms with van der Waals surface area (Å²) >= 11 is 0. The summed E-state index contributed by atoms with van der Waals surface area (Å²) < 4.78 is 30.5. The molecule has 168 valence electrons. The Labute approximate surface area is 187 Å². The zero-order valence-electron chi connectivity index (χ0n) is 18.0. The van der Waals surface area contributed by atoms with Crippen LogP contribution in [0, 0.1) is 18.6 Å². The van der Waals surface area contributed by atoms with Gasteiger partial charge in [-0.3, -0.25) is 9.48 Å². The van der Waals surface area contributed by atoms with Crippen LogP contribution in [0.5, 0.6) is 0 Å². The van der Waals surface area contributed by atoms with E-state index in [0.717, 1.165) is 17.4 Å². The fourth-order valence-electron chi connectivity index (χ4n) is 3.79. The normalized spacial score (nSPS) is 13.3. The molecule has 0 atom stereocenters. The second-order valence-electron chi connectivity index (χ2n) is 7.84. The number of hydrogen-bond acceptors (Lipinski definition) is 6. The minimum absolute atomic E-state index is 0.0982. The Balaban J connectivity index is 1.41. The summed E-state index contributed by atoms with van der Waals surface area (Å²) in [4.78, 5) is 28.0. The van der Waals surface area contributed by atoms with Gasteiger partial charge < -0.3 is 14.8 Å². The van der Waals surface area contributed by atoms with Crippen LogP contribution in [0.1, 0.15) is 21.7 Å². The second kappa shape index (κ2) is 8.08. The maximum Gasteiger partial charge on any atom is 0.290 e. The number of benzene rings is 1. The minimum Gasteiger partial charge on any atom is -0.330 e. The minimum atomic E-state index is -0.673. The number of rotatable bonds is 5. The third kappa shape index (κ3) is 4.04. The molecule has 0 aliphatic carbocycles. The Hall–Kier alpha value is -4.15. The number of anilines is 2. The molecule has 9 nitrogen and oxygen atoms in total. The van der Waals surface area contributed by atoms with Gasteiger partial charge in [0.2, 0.25) is 5.95 Å². The van der Waals surface area contributed by atoms with Gasteiger partial charge in [0.05, 0.1) is 11.9 Å². The number of halogens is 2. The average Bonchev–Trinajstić information content (AvgIpc) is 3.37. The molecule has 1 aromatic carbocycles. The van der Waals surface area contributed by atoms with E-state index < -0.39 is 11.6 Å². The monoisotopic (exact) mass is 450 g/mol. The highest BCUT2D eigenvalue weighted by molar-refractivity contribution is 5.92. The van der Waals surface area contributed by atoms with Gasteiger partial charge in [-0.25, -0.2) is 23.7 Å². The van der Waals surface area contributed by atoms with Gasteiger partial charge in [-0.2, -0.15) is 5.10 Å². The van der Waals surface area contributed by atoms with Crippen LogP contribution in [0.25, 0.3) is 11.4 Å². The molecule has 5 rings (SSSR count). The molecule has 1 aliphatic heterocycles. The predicted molar refractivity (Wildman–Crippen MR) is 116 cm³/mol. The zero-order valence-corrected chi connectivity index (χ0v) is 18.0. The van der Waals surface area contributed by atoms with Crippen molar-refractivity contribution in [3.05, 3.63) is 71.4 Å². The average molecular weight is 450 g/mol. The Kier molecular flexibility index (Phi) is 5.08. The molecule has 3 aromatic heterocycles. The molecule has 4 aromatic rings. The highest BCUT2D eigenvalue weighted by Gasteiger charge is 2.28. The topological polar surface area (TPSA) is 93.8 Å². The van der Waals surface area contributed by atoms with Gasteiger partial charge in [0.1, 0.15) is 23.1 Å². The van der Waals surface area contributed by atoms with Crippen molar-refractivity contribution in [2.75, 3.05) is 11.9 Å². The molecule has 1 N–H and O–H groups in total. The van der Waals surface area contributed by atoms with Gasteiger partial charge in [-0.15, -0.1) is 0 Å². The lowest BCUT2D eigenvalue weighted by atomic mass is 10.2. The molecule has 0 bridgehead atoms. The number of aromatic nitrogens is 6. The number of imidazole rings is 1. The van der Waals surface area contributed by atoms with Gasteiger partial charge in [-0.1, -0.05) is 0 Å². The number of carbonyl (C=O) groups is 1. The fraction of sp³-hybridized carbons (Fsp3) is 0.227. The highest BCUT2D eigenvalue weighted by atomic mass is 19.1. The first kappa shape index (κ1) is 20.7. The zero-order chi connectivity index (χ0) is 23.1. The standard InChI is InChI=1S/C22H20F2N8O/c1-13-10-25-22(28-18-3-4-26-30(18)2)29-19(13)17-12-31-5-6-32(21(33)20(31)27-17)11-14-7-15(23)9-16(24)8-14/h3-4,7-10,12H,5-6,11H2,1-2H3,(H,25,28,29). The summed E-state index contributed by atoms with van der Waals surface area (Å²) in [5, 5.41) is 7.22. The van der Waals surface area contributed by atoms with E-state index in [1.807, 2.05) is 6.92 Å². The van der Waals surface area contributed by atoms with Crippen LogP contribution in [0.3, 0.4) is 0 Å². The Morgan fingerprint density at radius 2 is 1.91 bits per heavy atom. The first-order valence-corrected chi connectivity index (χ1v) is 10.3. The summed E-state index contributed by atoms with van der Waals surface area (Å²) in [7, 11) is 1.80. The van der Waals surface area contributed by atoms with Crippen molar-refractivity contribution in [2.24, 2.45) is 7.05 Å². The molecular weight excluding hydrogens is 430 g/mol. The first-order chi connectivity index (χ1) is 15.9. The largest absolute Gasteiger partial charge is 0.330 e.